The van der Waals surface area contributed by atoms with E-state index in [0.29, 0.717) is 21.5 Å². The smallest absolute Gasteiger partial charge is 0.353 e. The molecule has 0 unspecified atom stereocenters. The lowest BCUT2D eigenvalue weighted by Gasteiger charge is -2.49. The fourth-order valence-corrected chi connectivity index (χ4v) is 7.73. The Kier molecular flexibility index (Phi) is 5.57. The van der Waals surface area contributed by atoms with Crippen molar-refractivity contribution in [2.45, 2.75) is 22.2 Å². The summed E-state index contributed by atoms with van der Waals surface area (Å²) >= 11 is 5.41. The van der Waals surface area contributed by atoms with Crippen LogP contribution < -0.4 is 11.1 Å². The number of amides is 2. The maximum atomic E-state index is 12.8. The van der Waals surface area contributed by atoms with Crippen molar-refractivity contribution in [3.63, 3.8) is 0 Å². The number of thiazole rings is 2. The number of carbonyl (C=O) groups is 3. The van der Waals surface area contributed by atoms with Crippen LogP contribution in [0, 0.1) is 0 Å². The van der Waals surface area contributed by atoms with Crippen molar-refractivity contribution in [1.29, 1.82) is 0 Å². The van der Waals surface area contributed by atoms with Crippen molar-refractivity contribution in [2.75, 3.05) is 11.5 Å². The zero-order chi connectivity index (χ0) is 22.4. The molecule has 2 aliphatic rings. The second kappa shape index (κ2) is 8.39. The number of para-hydroxylation sites is 1. The highest BCUT2D eigenvalue weighted by molar-refractivity contribution is 8.07. The van der Waals surface area contributed by atoms with Gasteiger partial charge >= 0.3 is 5.97 Å². The average Bonchev–Trinajstić information content (AvgIpc) is 3.36. The van der Waals surface area contributed by atoms with Crippen molar-refractivity contribution in [2.24, 2.45) is 0 Å². The van der Waals surface area contributed by atoms with Gasteiger partial charge in [0.1, 0.15) is 17.1 Å². The monoisotopic (exact) mass is 505 g/mol. The molecule has 2 aliphatic heterocycles. The Hall–Kier alpha value is -2.61. The Morgan fingerprint density at radius 3 is 2.84 bits per heavy atom. The van der Waals surface area contributed by atoms with Crippen LogP contribution in [0.1, 0.15) is 5.69 Å². The molecule has 4 heterocycles. The van der Waals surface area contributed by atoms with E-state index < -0.39 is 23.3 Å². The number of nitrogens with two attached hydrogens (primary N) is 1. The number of carbonyl (C=O) groups excluding carboxylic acids is 2. The lowest BCUT2D eigenvalue weighted by atomic mass is 10.0. The fourth-order valence-electron chi connectivity index (χ4n) is 3.46. The number of nitrogens with zero attached hydrogens (tertiary/aromatic N) is 3. The SMILES string of the molecule is Nc1nc(CC(=O)N[C@@H]2C(=O)N3C(C(=O)O)=C(Sc4nc5ccccc5s4)CS[C@@H]23)cs1. The molecule has 9 nitrogen and oxygen atoms in total. The Morgan fingerprint density at radius 2 is 2.12 bits per heavy atom. The number of rotatable bonds is 6. The Balaban J connectivity index is 1.32. The summed E-state index contributed by atoms with van der Waals surface area (Å²) in [6.45, 7) is 0. The summed E-state index contributed by atoms with van der Waals surface area (Å²) in [5.41, 5.74) is 6.92. The molecule has 1 aromatic carbocycles. The first kappa shape index (κ1) is 21.2. The Bertz CT molecular complexity index is 1250. The molecule has 0 radical (unpaired) electrons. The zero-order valence-corrected chi connectivity index (χ0v) is 19.4. The van der Waals surface area contributed by atoms with Crippen LogP contribution in [0.15, 0.2) is 44.6 Å². The minimum Gasteiger partial charge on any atom is -0.477 e. The Labute approximate surface area is 198 Å². The third-order valence-corrected chi connectivity index (χ3v) is 9.21. The first-order valence-corrected chi connectivity index (χ1v) is 12.9. The quantitative estimate of drug-likeness (QED) is 0.431. The molecule has 2 aromatic heterocycles. The molecule has 32 heavy (non-hydrogen) atoms. The van der Waals surface area contributed by atoms with Gasteiger partial charge in [-0.2, -0.15) is 0 Å². The molecule has 2 atom stereocenters. The molecule has 3 aromatic rings. The van der Waals surface area contributed by atoms with Gasteiger partial charge in [-0.1, -0.05) is 23.9 Å². The summed E-state index contributed by atoms with van der Waals surface area (Å²) in [7, 11) is 0. The van der Waals surface area contributed by atoms with Crippen LogP contribution in [-0.2, 0) is 20.8 Å². The topological polar surface area (TPSA) is 139 Å². The van der Waals surface area contributed by atoms with Gasteiger partial charge < -0.3 is 16.2 Å². The molecule has 0 spiro atoms. The summed E-state index contributed by atoms with van der Waals surface area (Å²) in [4.78, 5) is 47.6. The second-order valence-corrected chi connectivity index (χ2v) is 11.3. The predicted octanol–water partition coefficient (Wildman–Crippen LogP) is 2.37. The van der Waals surface area contributed by atoms with Crippen LogP contribution in [0.3, 0.4) is 0 Å². The van der Waals surface area contributed by atoms with Gasteiger partial charge in [0.05, 0.1) is 22.3 Å². The van der Waals surface area contributed by atoms with Gasteiger partial charge in [0.15, 0.2) is 9.47 Å². The number of β-lactam (4-membered cyclic amide) rings is 1. The van der Waals surface area contributed by atoms with Crippen LogP contribution in [0.25, 0.3) is 10.2 Å². The van der Waals surface area contributed by atoms with Crippen molar-refractivity contribution in [3.05, 3.63) is 45.9 Å². The standard InChI is InChI=1S/C19H15N5O4S4/c20-18-21-8(6-30-18)5-12(25)23-13-15(26)24-14(17(27)28)11(7-29-16(13)24)32-19-22-9-3-1-2-4-10(9)31-19/h1-4,6,13,16H,5,7H2,(H2,20,21)(H,23,25)(H,27,28)/t13-,16+/m1/s1. The third-order valence-electron chi connectivity index (χ3n) is 4.85. The van der Waals surface area contributed by atoms with Crippen LogP contribution in [0.4, 0.5) is 5.13 Å². The highest BCUT2D eigenvalue weighted by Gasteiger charge is 2.54. The average molecular weight is 506 g/mol. The maximum absolute atomic E-state index is 12.8. The molecular weight excluding hydrogens is 491 g/mol. The molecule has 0 bridgehead atoms. The molecular formula is C19H15N5O4S4. The lowest BCUT2D eigenvalue weighted by molar-refractivity contribution is -0.150. The van der Waals surface area contributed by atoms with E-state index in [0.717, 1.165) is 14.6 Å². The van der Waals surface area contributed by atoms with E-state index >= 15 is 0 Å². The summed E-state index contributed by atoms with van der Waals surface area (Å²) < 4.78 is 1.73. The number of fused-ring (bicyclic) bond motifs is 2. The number of hydrogen-bond acceptors (Lipinski definition) is 10. The van der Waals surface area contributed by atoms with Gasteiger partial charge in [0.2, 0.25) is 5.91 Å². The number of hydrogen-bond donors (Lipinski definition) is 3. The largest absolute Gasteiger partial charge is 0.477 e. The van der Waals surface area contributed by atoms with Crippen molar-refractivity contribution >= 4 is 79.3 Å². The highest BCUT2D eigenvalue weighted by Crippen LogP contribution is 2.46. The van der Waals surface area contributed by atoms with Crippen LogP contribution >= 0.6 is 46.2 Å². The van der Waals surface area contributed by atoms with Gasteiger partial charge in [-0.15, -0.1) is 34.4 Å². The van der Waals surface area contributed by atoms with E-state index in [-0.39, 0.29) is 18.0 Å². The first-order chi connectivity index (χ1) is 15.4. The van der Waals surface area contributed by atoms with Crippen molar-refractivity contribution in [1.82, 2.24) is 20.2 Å². The number of carboxylic acid groups (broad SMARTS) is 1. The number of thioether (sulfide) groups is 2. The number of nitrogens with one attached hydrogen (secondary N) is 1. The van der Waals surface area contributed by atoms with E-state index in [9.17, 15) is 19.5 Å². The molecule has 2 amide bonds. The number of aromatic nitrogens is 2. The number of carboxylic acids is 1. The molecule has 1 fully saturated rings. The fraction of sp³-hybridized carbons (Fsp3) is 0.211. The van der Waals surface area contributed by atoms with Gasteiger partial charge in [-0.3, -0.25) is 14.5 Å². The highest BCUT2D eigenvalue weighted by atomic mass is 32.2. The van der Waals surface area contributed by atoms with Crippen LogP contribution in [-0.4, -0.2) is 54.9 Å². The predicted molar refractivity (Wildman–Crippen MR) is 125 cm³/mol. The number of nitrogen functional groups attached to an aromatic ring is 1. The number of anilines is 1. The lowest BCUT2D eigenvalue weighted by Crippen LogP contribution is -2.70. The van der Waals surface area contributed by atoms with Crippen LogP contribution in [0.5, 0.6) is 0 Å². The molecule has 13 heteroatoms. The molecule has 5 rings (SSSR count). The normalized spacial score (nSPS) is 20.2. The number of benzene rings is 1. The molecule has 0 aliphatic carbocycles. The summed E-state index contributed by atoms with van der Waals surface area (Å²) in [6, 6.07) is 6.92. The molecule has 0 saturated carbocycles. The summed E-state index contributed by atoms with van der Waals surface area (Å²) in [5.74, 6) is -1.56. The van der Waals surface area contributed by atoms with E-state index in [1.807, 2.05) is 24.3 Å². The first-order valence-electron chi connectivity index (χ1n) is 9.34. The van der Waals surface area contributed by atoms with Crippen molar-refractivity contribution in [3.8, 4) is 0 Å². The van der Waals surface area contributed by atoms with Crippen molar-refractivity contribution < 1.29 is 19.5 Å². The minimum absolute atomic E-state index is 0.00913. The Morgan fingerprint density at radius 1 is 1.31 bits per heavy atom. The van der Waals surface area contributed by atoms with Gasteiger partial charge in [-0.25, -0.2) is 14.8 Å². The van der Waals surface area contributed by atoms with Crippen LogP contribution in [0.2, 0.25) is 0 Å². The van der Waals surface area contributed by atoms with E-state index in [1.54, 1.807) is 5.38 Å². The van der Waals surface area contributed by atoms with Gasteiger partial charge in [0.25, 0.3) is 5.91 Å². The molecule has 4 N–H and O–H groups in total. The van der Waals surface area contributed by atoms with E-state index in [1.165, 1.54) is 51.1 Å². The second-order valence-electron chi connectivity index (χ2n) is 6.94. The number of aliphatic carboxylic acids is 1. The minimum atomic E-state index is -1.17. The van der Waals surface area contributed by atoms with E-state index in [2.05, 4.69) is 15.3 Å². The summed E-state index contributed by atoms with van der Waals surface area (Å²) in [5, 5.41) is 14.1. The van der Waals surface area contributed by atoms with Gasteiger partial charge in [0, 0.05) is 16.0 Å². The molecule has 164 valence electrons. The zero-order valence-electron chi connectivity index (χ0n) is 16.2. The summed E-state index contributed by atoms with van der Waals surface area (Å²) in [6.07, 6.45) is 0.00913. The maximum Gasteiger partial charge on any atom is 0.353 e. The van der Waals surface area contributed by atoms with E-state index in [4.69, 9.17) is 5.73 Å². The third kappa shape index (κ3) is 3.85. The van der Waals surface area contributed by atoms with Gasteiger partial charge in [-0.05, 0) is 12.1 Å². The molecule has 1 saturated heterocycles.